The van der Waals surface area contributed by atoms with Gasteiger partial charge in [0.2, 0.25) is 5.88 Å². The second kappa shape index (κ2) is 4.82. The lowest BCUT2D eigenvalue weighted by Crippen LogP contribution is -1.95. The van der Waals surface area contributed by atoms with Crippen molar-refractivity contribution in [3.05, 3.63) is 45.9 Å². The molecule has 5 heteroatoms. The highest BCUT2D eigenvalue weighted by molar-refractivity contribution is 6.36. The van der Waals surface area contributed by atoms with Gasteiger partial charge in [0.05, 0.1) is 5.02 Å². The third kappa shape index (κ3) is 2.81. The summed E-state index contributed by atoms with van der Waals surface area (Å²) in [6.45, 7) is 1.97. The van der Waals surface area contributed by atoms with E-state index in [0.717, 1.165) is 5.56 Å². The molecule has 2 aromatic rings. The Morgan fingerprint density at radius 1 is 1.18 bits per heavy atom. The third-order valence-electron chi connectivity index (χ3n) is 2.13. The van der Waals surface area contributed by atoms with E-state index in [1.807, 2.05) is 31.2 Å². The smallest absolute Gasteiger partial charge is 0.240 e. The molecule has 2 N–H and O–H groups in total. The zero-order valence-electron chi connectivity index (χ0n) is 9.08. The number of ether oxygens (including phenoxy) is 1. The highest BCUT2D eigenvalue weighted by Gasteiger charge is 2.09. The first-order chi connectivity index (χ1) is 8.06. The molecule has 17 heavy (non-hydrogen) atoms. The first-order valence-corrected chi connectivity index (χ1v) is 5.68. The van der Waals surface area contributed by atoms with E-state index in [1.165, 1.54) is 6.07 Å². The van der Waals surface area contributed by atoms with E-state index < -0.39 is 0 Å². The summed E-state index contributed by atoms with van der Waals surface area (Å²) in [4.78, 5) is 3.99. The number of pyridine rings is 1. The van der Waals surface area contributed by atoms with Crippen LogP contribution in [0.5, 0.6) is 11.6 Å². The van der Waals surface area contributed by atoms with E-state index >= 15 is 0 Å². The van der Waals surface area contributed by atoms with E-state index in [0.29, 0.717) is 15.8 Å². The molecule has 0 aliphatic heterocycles. The van der Waals surface area contributed by atoms with Gasteiger partial charge >= 0.3 is 0 Å². The average molecular weight is 269 g/mol. The van der Waals surface area contributed by atoms with E-state index in [1.54, 1.807) is 0 Å². The summed E-state index contributed by atoms with van der Waals surface area (Å²) in [5.41, 5.74) is 6.68. The number of halogens is 2. The van der Waals surface area contributed by atoms with Crippen LogP contribution in [0.25, 0.3) is 0 Å². The fourth-order valence-electron chi connectivity index (χ4n) is 1.33. The molecule has 0 saturated carbocycles. The van der Waals surface area contributed by atoms with Gasteiger partial charge in [-0.15, -0.1) is 0 Å². The molecule has 1 aromatic heterocycles. The molecule has 1 heterocycles. The Balaban J connectivity index is 2.33. The number of rotatable bonds is 2. The number of aromatic nitrogens is 1. The number of nitrogen functional groups attached to an aromatic ring is 1. The van der Waals surface area contributed by atoms with Gasteiger partial charge in [0.15, 0.2) is 0 Å². The van der Waals surface area contributed by atoms with Crippen LogP contribution in [0.15, 0.2) is 30.3 Å². The average Bonchev–Trinajstić information content (AvgIpc) is 2.26. The highest BCUT2D eigenvalue weighted by atomic mass is 35.5. The van der Waals surface area contributed by atoms with Gasteiger partial charge < -0.3 is 10.5 Å². The molecule has 0 saturated heterocycles. The minimum Gasteiger partial charge on any atom is -0.437 e. The van der Waals surface area contributed by atoms with E-state index in [-0.39, 0.29) is 11.7 Å². The highest BCUT2D eigenvalue weighted by Crippen LogP contribution is 2.32. The van der Waals surface area contributed by atoms with Crippen LogP contribution in [0.3, 0.4) is 0 Å². The number of aryl methyl sites for hydroxylation is 1. The molecular formula is C12H10Cl2N2O. The van der Waals surface area contributed by atoms with E-state index in [2.05, 4.69) is 4.98 Å². The van der Waals surface area contributed by atoms with E-state index in [9.17, 15) is 0 Å². The molecule has 1 aromatic carbocycles. The van der Waals surface area contributed by atoms with Crippen LogP contribution in [0.1, 0.15) is 5.56 Å². The Morgan fingerprint density at radius 2 is 1.94 bits per heavy atom. The van der Waals surface area contributed by atoms with E-state index in [4.69, 9.17) is 33.7 Å². The monoisotopic (exact) mass is 268 g/mol. The predicted molar refractivity (Wildman–Crippen MR) is 69.9 cm³/mol. The van der Waals surface area contributed by atoms with Gasteiger partial charge in [-0.2, -0.15) is 4.98 Å². The van der Waals surface area contributed by atoms with Crippen LogP contribution in [0, 0.1) is 6.92 Å². The Morgan fingerprint density at radius 3 is 2.65 bits per heavy atom. The van der Waals surface area contributed by atoms with Crippen molar-refractivity contribution in [3.8, 4) is 11.6 Å². The summed E-state index contributed by atoms with van der Waals surface area (Å²) >= 11 is 11.8. The van der Waals surface area contributed by atoms with Crippen molar-refractivity contribution in [2.45, 2.75) is 6.92 Å². The first kappa shape index (κ1) is 12.0. The minimum absolute atomic E-state index is 0.193. The van der Waals surface area contributed by atoms with Crippen LogP contribution >= 0.6 is 23.2 Å². The molecule has 0 spiro atoms. The Hall–Kier alpha value is -1.45. The molecule has 0 radical (unpaired) electrons. The van der Waals surface area contributed by atoms with Gasteiger partial charge in [0.25, 0.3) is 0 Å². The van der Waals surface area contributed by atoms with Crippen molar-refractivity contribution in [3.63, 3.8) is 0 Å². The van der Waals surface area contributed by atoms with Crippen LogP contribution in [0.4, 0.5) is 5.82 Å². The van der Waals surface area contributed by atoms with Gasteiger partial charge in [0.1, 0.15) is 16.6 Å². The van der Waals surface area contributed by atoms with Crippen molar-refractivity contribution in [2.75, 3.05) is 5.73 Å². The van der Waals surface area contributed by atoms with Gasteiger partial charge in [0, 0.05) is 0 Å². The zero-order valence-corrected chi connectivity index (χ0v) is 10.6. The molecular weight excluding hydrogens is 259 g/mol. The summed E-state index contributed by atoms with van der Waals surface area (Å²) in [6, 6.07) is 9.06. The van der Waals surface area contributed by atoms with Gasteiger partial charge in [-0.05, 0) is 30.7 Å². The number of nitrogens with two attached hydrogens (primary N) is 1. The molecule has 3 nitrogen and oxygen atoms in total. The molecule has 0 amide bonds. The van der Waals surface area contributed by atoms with Crippen molar-refractivity contribution in [1.82, 2.24) is 4.98 Å². The second-order valence-corrected chi connectivity index (χ2v) is 4.38. The minimum atomic E-state index is 0.193. The summed E-state index contributed by atoms with van der Waals surface area (Å²) in [5.74, 6) is 1.10. The summed E-state index contributed by atoms with van der Waals surface area (Å²) in [6.07, 6.45) is 0. The molecule has 2 rings (SSSR count). The van der Waals surface area contributed by atoms with Crippen LogP contribution in [-0.2, 0) is 0 Å². The topological polar surface area (TPSA) is 48.1 Å². The lowest BCUT2D eigenvalue weighted by Gasteiger charge is -2.08. The predicted octanol–water partition coefficient (Wildman–Crippen LogP) is 4.07. The molecule has 0 unspecified atom stereocenters. The molecule has 0 aliphatic rings. The maximum Gasteiger partial charge on any atom is 0.240 e. The second-order valence-electron chi connectivity index (χ2n) is 3.56. The quantitative estimate of drug-likeness (QED) is 0.893. The largest absolute Gasteiger partial charge is 0.437 e. The number of anilines is 1. The van der Waals surface area contributed by atoms with Crippen molar-refractivity contribution in [1.29, 1.82) is 0 Å². The fraction of sp³-hybridized carbons (Fsp3) is 0.0833. The summed E-state index contributed by atoms with van der Waals surface area (Å²) < 4.78 is 5.54. The fourth-order valence-corrected chi connectivity index (χ4v) is 1.72. The van der Waals surface area contributed by atoms with Crippen molar-refractivity contribution >= 4 is 29.0 Å². The standard InChI is InChI=1S/C12H10Cl2N2O/c1-7-3-2-4-8(5-7)17-12-10(14)6-9(13)11(15)16-12/h2-6H,1H3,(H2,15,16). The summed E-state index contributed by atoms with van der Waals surface area (Å²) in [5, 5.41) is 0.636. The van der Waals surface area contributed by atoms with Crippen LogP contribution in [-0.4, -0.2) is 4.98 Å². The first-order valence-electron chi connectivity index (χ1n) is 4.92. The number of benzene rings is 1. The SMILES string of the molecule is Cc1cccc(Oc2nc(N)c(Cl)cc2Cl)c1. The lowest BCUT2D eigenvalue weighted by molar-refractivity contribution is 0.464. The maximum absolute atomic E-state index is 5.96. The maximum atomic E-state index is 5.96. The zero-order chi connectivity index (χ0) is 12.4. The lowest BCUT2D eigenvalue weighted by atomic mass is 10.2. The number of hydrogen-bond acceptors (Lipinski definition) is 3. The number of nitrogens with zero attached hydrogens (tertiary/aromatic N) is 1. The molecule has 88 valence electrons. The Labute approximate surface area is 109 Å². The van der Waals surface area contributed by atoms with Crippen LogP contribution < -0.4 is 10.5 Å². The van der Waals surface area contributed by atoms with Gasteiger partial charge in [-0.25, -0.2) is 0 Å². The molecule has 0 fully saturated rings. The number of hydrogen-bond donors (Lipinski definition) is 1. The molecule has 0 aliphatic carbocycles. The van der Waals surface area contributed by atoms with Gasteiger partial charge in [-0.1, -0.05) is 35.3 Å². The van der Waals surface area contributed by atoms with Crippen molar-refractivity contribution < 1.29 is 4.74 Å². The molecule has 0 bridgehead atoms. The summed E-state index contributed by atoms with van der Waals surface area (Å²) in [7, 11) is 0. The Bertz CT molecular complexity index is 558. The Kier molecular flexibility index (Phi) is 3.41. The normalized spacial score (nSPS) is 10.3. The van der Waals surface area contributed by atoms with Crippen molar-refractivity contribution in [2.24, 2.45) is 0 Å². The van der Waals surface area contributed by atoms with Gasteiger partial charge in [-0.3, -0.25) is 0 Å². The third-order valence-corrected chi connectivity index (χ3v) is 2.70. The molecule has 0 atom stereocenters. The van der Waals surface area contributed by atoms with Crippen LogP contribution in [0.2, 0.25) is 10.0 Å².